The molecule has 2 heteroatoms. The number of pyridine rings is 1. The van der Waals surface area contributed by atoms with E-state index in [2.05, 4.69) is 4.98 Å². The fourth-order valence-corrected chi connectivity index (χ4v) is 0.990. The van der Waals surface area contributed by atoms with Gasteiger partial charge in [-0.2, -0.15) is 0 Å². The van der Waals surface area contributed by atoms with Gasteiger partial charge in [0.2, 0.25) is 5.88 Å². The Morgan fingerprint density at radius 1 is 1.50 bits per heavy atom. The molecule has 0 aromatic carbocycles. The van der Waals surface area contributed by atoms with Crippen LogP contribution in [0.25, 0.3) is 6.08 Å². The molecule has 0 unspecified atom stereocenters. The average molecular weight is 163 g/mol. The maximum absolute atomic E-state index is 5.01. The Balaban J connectivity index is 3.08. The first kappa shape index (κ1) is 8.78. The van der Waals surface area contributed by atoms with Crippen LogP contribution in [0.15, 0.2) is 18.3 Å². The molecule has 12 heavy (non-hydrogen) atoms. The molecule has 0 aliphatic heterocycles. The summed E-state index contributed by atoms with van der Waals surface area (Å²) in [6, 6.07) is 1.93. The van der Waals surface area contributed by atoms with Gasteiger partial charge < -0.3 is 4.74 Å². The van der Waals surface area contributed by atoms with E-state index >= 15 is 0 Å². The Morgan fingerprint density at radius 2 is 2.25 bits per heavy atom. The summed E-state index contributed by atoms with van der Waals surface area (Å²) >= 11 is 0. The van der Waals surface area contributed by atoms with Crippen LogP contribution in [-0.4, -0.2) is 12.1 Å². The van der Waals surface area contributed by atoms with E-state index in [1.807, 2.05) is 38.3 Å². The summed E-state index contributed by atoms with van der Waals surface area (Å²) in [6.45, 7) is 4.02. The van der Waals surface area contributed by atoms with E-state index in [0.29, 0.717) is 5.88 Å². The molecule has 1 heterocycles. The second-order valence-corrected chi connectivity index (χ2v) is 2.58. The van der Waals surface area contributed by atoms with Gasteiger partial charge in [0.1, 0.15) is 0 Å². The van der Waals surface area contributed by atoms with Crippen LogP contribution in [0.3, 0.4) is 0 Å². The van der Waals surface area contributed by atoms with Crippen LogP contribution in [-0.2, 0) is 0 Å². The Bertz CT molecular complexity index is 292. The van der Waals surface area contributed by atoms with Crippen LogP contribution in [0.5, 0.6) is 5.88 Å². The lowest BCUT2D eigenvalue weighted by molar-refractivity contribution is 0.397. The largest absolute Gasteiger partial charge is 0.481 e. The molecule has 0 amide bonds. The average Bonchev–Trinajstić information content (AvgIpc) is 2.09. The monoisotopic (exact) mass is 163 g/mol. The molecule has 0 aliphatic rings. The van der Waals surface area contributed by atoms with E-state index in [0.717, 1.165) is 11.1 Å². The molecule has 64 valence electrons. The lowest BCUT2D eigenvalue weighted by Gasteiger charge is -2.02. The van der Waals surface area contributed by atoms with Gasteiger partial charge in [-0.05, 0) is 25.0 Å². The highest BCUT2D eigenvalue weighted by Gasteiger charge is 1.97. The van der Waals surface area contributed by atoms with Crippen molar-refractivity contribution in [1.29, 1.82) is 0 Å². The minimum atomic E-state index is 0.661. The van der Waals surface area contributed by atoms with E-state index < -0.39 is 0 Å². The standard InChI is InChI=1S/C10H13NO/c1-4-5-9-6-10(12-3)11-7-8(9)2/h4-7H,1-3H3/b5-4-. The molecule has 0 fully saturated rings. The number of rotatable bonds is 2. The molecule has 0 atom stereocenters. The molecule has 0 saturated carbocycles. The molecule has 1 rings (SSSR count). The van der Waals surface area contributed by atoms with Gasteiger partial charge in [-0.25, -0.2) is 4.98 Å². The Labute approximate surface area is 72.9 Å². The summed E-state index contributed by atoms with van der Waals surface area (Å²) < 4.78 is 5.01. The lowest BCUT2D eigenvalue weighted by atomic mass is 10.1. The molecule has 0 N–H and O–H groups in total. The van der Waals surface area contributed by atoms with Gasteiger partial charge in [0, 0.05) is 12.3 Å². The third-order valence-corrected chi connectivity index (χ3v) is 1.68. The number of hydrogen-bond acceptors (Lipinski definition) is 2. The van der Waals surface area contributed by atoms with Gasteiger partial charge in [-0.15, -0.1) is 0 Å². The van der Waals surface area contributed by atoms with Crippen molar-refractivity contribution in [3.63, 3.8) is 0 Å². The second kappa shape index (κ2) is 3.90. The quantitative estimate of drug-likeness (QED) is 0.668. The van der Waals surface area contributed by atoms with E-state index in [-0.39, 0.29) is 0 Å². The van der Waals surface area contributed by atoms with Gasteiger partial charge in [-0.1, -0.05) is 12.2 Å². The Morgan fingerprint density at radius 3 is 2.83 bits per heavy atom. The highest BCUT2D eigenvalue weighted by atomic mass is 16.5. The zero-order valence-corrected chi connectivity index (χ0v) is 7.66. The zero-order chi connectivity index (χ0) is 8.97. The SMILES string of the molecule is C/C=C\c1cc(OC)ncc1C. The topological polar surface area (TPSA) is 22.1 Å². The van der Waals surface area contributed by atoms with E-state index in [9.17, 15) is 0 Å². The summed E-state index contributed by atoms with van der Waals surface area (Å²) in [4.78, 5) is 4.08. The minimum Gasteiger partial charge on any atom is -0.481 e. The number of ether oxygens (including phenoxy) is 1. The van der Waals surface area contributed by atoms with Crippen molar-refractivity contribution in [1.82, 2.24) is 4.98 Å². The van der Waals surface area contributed by atoms with Crippen LogP contribution in [0.1, 0.15) is 18.1 Å². The molecule has 0 saturated heterocycles. The molecule has 0 aliphatic carbocycles. The maximum Gasteiger partial charge on any atom is 0.213 e. The van der Waals surface area contributed by atoms with Gasteiger partial charge in [0.15, 0.2) is 0 Å². The molecule has 0 bridgehead atoms. The number of aryl methyl sites for hydroxylation is 1. The maximum atomic E-state index is 5.01. The third-order valence-electron chi connectivity index (χ3n) is 1.68. The van der Waals surface area contributed by atoms with Crippen LogP contribution < -0.4 is 4.74 Å². The highest BCUT2D eigenvalue weighted by Crippen LogP contribution is 2.14. The van der Waals surface area contributed by atoms with Crippen molar-refractivity contribution < 1.29 is 4.74 Å². The number of allylic oxidation sites excluding steroid dienone is 1. The Hall–Kier alpha value is -1.31. The predicted octanol–water partition coefficient (Wildman–Crippen LogP) is 2.43. The van der Waals surface area contributed by atoms with Crippen molar-refractivity contribution in [2.45, 2.75) is 13.8 Å². The second-order valence-electron chi connectivity index (χ2n) is 2.58. The van der Waals surface area contributed by atoms with Crippen LogP contribution in [0.2, 0.25) is 0 Å². The predicted molar refractivity (Wildman–Crippen MR) is 50.2 cm³/mol. The van der Waals surface area contributed by atoms with Crippen molar-refractivity contribution in [2.75, 3.05) is 7.11 Å². The van der Waals surface area contributed by atoms with Crippen LogP contribution in [0.4, 0.5) is 0 Å². The van der Waals surface area contributed by atoms with Crippen molar-refractivity contribution in [3.05, 3.63) is 29.5 Å². The normalized spacial score (nSPS) is 10.6. The number of hydrogen-bond donors (Lipinski definition) is 0. The van der Waals surface area contributed by atoms with E-state index in [1.54, 1.807) is 7.11 Å². The summed E-state index contributed by atoms with van der Waals surface area (Å²) in [5, 5.41) is 0. The number of nitrogens with zero attached hydrogens (tertiary/aromatic N) is 1. The molecular weight excluding hydrogens is 150 g/mol. The lowest BCUT2D eigenvalue weighted by Crippen LogP contribution is -1.89. The van der Waals surface area contributed by atoms with Crippen LogP contribution >= 0.6 is 0 Å². The van der Waals surface area contributed by atoms with E-state index in [4.69, 9.17) is 4.74 Å². The van der Waals surface area contributed by atoms with Gasteiger partial charge >= 0.3 is 0 Å². The zero-order valence-electron chi connectivity index (χ0n) is 7.66. The smallest absolute Gasteiger partial charge is 0.213 e. The first-order valence-corrected chi connectivity index (χ1v) is 3.91. The number of methoxy groups -OCH3 is 1. The van der Waals surface area contributed by atoms with Crippen molar-refractivity contribution in [3.8, 4) is 5.88 Å². The third kappa shape index (κ3) is 1.84. The van der Waals surface area contributed by atoms with Crippen LogP contribution in [0, 0.1) is 6.92 Å². The highest BCUT2D eigenvalue weighted by molar-refractivity contribution is 5.53. The first-order valence-electron chi connectivity index (χ1n) is 3.91. The first-order chi connectivity index (χ1) is 5.77. The van der Waals surface area contributed by atoms with Gasteiger partial charge in [0.05, 0.1) is 7.11 Å². The Kier molecular flexibility index (Phi) is 2.86. The van der Waals surface area contributed by atoms with E-state index in [1.165, 1.54) is 0 Å². The van der Waals surface area contributed by atoms with Crippen molar-refractivity contribution in [2.24, 2.45) is 0 Å². The molecule has 1 aromatic rings. The summed E-state index contributed by atoms with van der Waals surface area (Å²) in [6.07, 6.45) is 5.86. The molecule has 0 radical (unpaired) electrons. The summed E-state index contributed by atoms with van der Waals surface area (Å²) in [5.74, 6) is 0.661. The fraction of sp³-hybridized carbons (Fsp3) is 0.300. The fourth-order valence-electron chi connectivity index (χ4n) is 0.990. The summed E-state index contributed by atoms with van der Waals surface area (Å²) in [7, 11) is 1.62. The van der Waals surface area contributed by atoms with Crippen molar-refractivity contribution >= 4 is 6.08 Å². The molecule has 0 spiro atoms. The minimum absolute atomic E-state index is 0.661. The summed E-state index contributed by atoms with van der Waals surface area (Å²) in [5.41, 5.74) is 2.32. The molecule has 1 aromatic heterocycles. The molecule has 2 nitrogen and oxygen atoms in total. The number of aromatic nitrogens is 1. The van der Waals surface area contributed by atoms with Gasteiger partial charge in [-0.3, -0.25) is 0 Å². The molecular formula is C10H13NO. The van der Waals surface area contributed by atoms with Gasteiger partial charge in [0.25, 0.3) is 0 Å².